The van der Waals surface area contributed by atoms with Crippen molar-refractivity contribution in [3.8, 4) is 11.3 Å². The summed E-state index contributed by atoms with van der Waals surface area (Å²) in [6, 6.07) is 12.8. The highest BCUT2D eigenvalue weighted by Crippen LogP contribution is 2.29. The Kier molecular flexibility index (Phi) is 4.61. The predicted octanol–water partition coefficient (Wildman–Crippen LogP) is 4.04. The summed E-state index contributed by atoms with van der Waals surface area (Å²) in [6.07, 6.45) is 0. The molecule has 0 saturated carbocycles. The molecule has 5 nitrogen and oxygen atoms in total. The highest BCUT2D eigenvalue weighted by Gasteiger charge is 2.10. The number of amides is 1. The smallest absolute Gasteiger partial charge is 0.269 e. The molecule has 1 amide bonds. The summed E-state index contributed by atoms with van der Waals surface area (Å²) in [5.74, 6) is -0.732. The summed E-state index contributed by atoms with van der Waals surface area (Å²) in [5, 5.41) is 7.17. The first-order chi connectivity index (χ1) is 11.5. The van der Waals surface area contributed by atoms with Crippen LogP contribution in [0.25, 0.3) is 11.3 Å². The lowest BCUT2D eigenvalue weighted by Crippen LogP contribution is -2.29. The van der Waals surface area contributed by atoms with Crippen molar-refractivity contribution in [3.05, 3.63) is 70.1 Å². The van der Waals surface area contributed by atoms with Crippen LogP contribution in [0.1, 0.15) is 16.1 Å². The zero-order valence-electron chi connectivity index (χ0n) is 12.7. The minimum Gasteiger partial charge on any atom is -0.298 e. The molecule has 3 rings (SSSR count). The van der Waals surface area contributed by atoms with Crippen LogP contribution in [-0.2, 0) is 0 Å². The van der Waals surface area contributed by atoms with Crippen molar-refractivity contribution in [2.24, 2.45) is 0 Å². The van der Waals surface area contributed by atoms with Crippen LogP contribution in [-0.4, -0.2) is 16.1 Å². The lowest BCUT2D eigenvalue weighted by atomic mass is 10.1. The van der Waals surface area contributed by atoms with Gasteiger partial charge in [-0.05, 0) is 59.3 Å². The van der Waals surface area contributed by atoms with E-state index in [2.05, 4.69) is 37.0 Å². The molecule has 1 aromatic heterocycles. The molecule has 3 aromatic rings. The van der Waals surface area contributed by atoms with E-state index in [1.54, 1.807) is 0 Å². The molecule has 7 heteroatoms. The lowest BCUT2D eigenvalue weighted by molar-refractivity contribution is 0.0962. The summed E-state index contributed by atoms with van der Waals surface area (Å²) in [6.45, 7) is 1.92. The molecule has 24 heavy (non-hydrogen) atoms. The number of nitrogens with zero attached hydrogens (tertiary/aromatic N) is 1. The summed E-state index contributed by atoms with van der Waals surface area (Å²) in [4.78, 5) is 12.0. The number of H-pyrrole nitrogens is 1. The molecule has 0 unspecified atom stereocenters. The summed E-state index contributed by atoms with van der Waals surface area (Å²) in [5.41, 5.74) is 9.13. The van der Waals surface area contributed by atoms with Crippen LogP contribution >= 0.6 is 15.9 Å². The van der Waals surface area contributed by atoms with Crippen LogP contribution in [0.4, 0.5) is 10.1 Å². The van der Waals surface area contributed by atoms with E-state index < -0.39 is 0 Å². The number of aromatic nitrogens is 2. The number of carbonyl (C=O) groups is 1. The van der Waals surface area contributed by atoms with E-state index in [1.165, 1.54) is 24.3 Å². The second kappa shape index (κ2) is 6.84. The minimum absolute atomic E-state index is 0.350. The van der Waals surface area contributed by atoms with Gasteiger partial charge < -0.3 is 0 Å². The fourth-order valence-electron chi connectivity index (χ4n) is 2.15. The lowest BCUT2D eigenvalue weighted by Gasteiger charge is -2.09. The Morgan fingerprint density at radius 3 is 2.62 bits per heavy atom. The molecule has 0 fully saturated rings. The molecule has 2 aromatic carbocycles. The number of hydrogen-bond acceptors (Lipinski definition) is 3. The third-order valence-electron chi connectivity index (χ3n) is 3.44. The van der Waals surface area contributed by atoms with E-state index in [-0.39, 0.29) is 11.7 Å². The van der Waals surface area contributed by atoms with Crippen molar-refractivity contribution >= 4 is 27.5 Å². The average Bonchev–Trinajstić information content (AvgIpc) is 2.93. The monoisotopic (exact) mass is 388 g/mol. The number of hydrazine groups is 1. The van der Waals surface area contributed by atoms with Gasteiger partial charge in [0.25, 0.3) is 5.91 Å². The molecule has 3 N–H and O–H groups in total. The van der Waals surface area contributed by atoms with Gasteiger partial charge in [0.05, 0.1) is 10.2 Å². The first-order valence-electron chi connectivity index (χ1n) is 7.17. The first kappa shape index (κ1) is 16.2. The summed E-state index contributed by atoms with van der Waals surface area (Å²) < 4.78 is 13.8. The number of carbonyl (C=O) groups excluding carboxylic acids is 1. The van der Waals surface area contributed by atoms with Crippen LogP contribution < -0.4 is 10.9 Å². The predicted molar refractivity (Wildman–Crippen MR) is 93.9 cm³/mol. The molecule has 0 spiro atoms. The van der Waals surface area contributed by atoms with Gasteiger partial charge in [-0.1, -0.05) is 12.1 Å². The van der Waals surface area contributed by atoms with Gasteiger partial charge in [-0.3, -0.25) is 20.7 Å². The molecular formula is C17H14BrFN4O. The molecule has 0 saturated heterocycles. The number of aromatic amines is 1. The van der Waals surface area contributed by atoms with Gasteiger partial charge >= 0.3 is 0 Å². The van der Waals surface area contributed by atoms with Gasteiger partial charge in [0.15, 0.2) is 0 Å². The molecule has 122 valence electrons. The van der Waals surface area contributed by atoms with E-state index >= 15 is 0 Å². The maximum Gasteiger partial charge on any atom is 0.269 e. The molecule has 0 aliphatic heterocycles. The van der Waals surface area contributed by atoms with Crippen molar-refractivity contribution in [1.82, 2.24) is 15.6 Å². The van der Waals surface area contributed by atoms with E-state index in [0.717, 1.165) is 21.4 Å². The van der Waals surface area contributed by atoms with Crippen molar-refractivity contribution in [2.75, 3.05) is 5.43 Å². The van der Waals surface area contributed by atoms with Crippen molar-refractivity contribution < 1.29 is 9.18 Å². The Morgan fingerprint density at radius 2 is 1.96 bits per heavy atom. The van der Waals surface area contributed by atoms with Crippen LogP contribution in [0.5, 0.6) is 0 Å². The van der Waals surface area contributed by atoms with Crippen LogP contribution in [0, 0.1) is 12.7 Å². The fraction of sp³-hybridized carbons (Fsp3) is 0.0588. The quantitative estimate of drug-likeness (QED) is 0.590. The molecular weight excluding hydrogens is 375 g/mol. The van der Waals surface area contributed by atoms with Crippen molar-refractivity contribution in [3.63, 3.8) is 0 Å². The highest BCUT2D eigenvalue weighted by molar-refractivity contribution is 9.10. The normalized spacial score (nSPS) is 10.5. The number of aryl methyl sites for hydroxylation is 1. The zero-order valence-corrected chi connectivity index (χ0v) is 14.3. The Balaban J connectivity index is 1.72. The van der Waals surface area contributed by atoms with Gasteiger partial charge in [0.1, 0.15) is 11.5 Å². The Hall–Kier alpha value is -2.67. The number of hydrogen-bond donors (Lipinski definition) is 3. The van der Waals surface area contributed by atoms with Gasteiger partial charge in [-0.2, -0.15) is 5.10 Å². The third-order valence-corrected chi connectivity index (χ3v) is 4.41. The van der Waals surface area contributed by atoms with Gasteiger partial charge in [0.2, 0.25) is 0 Å². The SMILES string of the molecule is Cc1[nH]nc(-c2cccc(NNC(=O)c3ccc(F)cc3)c2)c1Br. The minimum atomic E-state index is -0.382. The van der Waals surface area contributed by atoms with E-state index in [0.29, 0.717) is 11.3 Å². The van der Waals surface area contributed by atoms with Crippen molar-refractivity contribution in [2.45, 2.75) is 6.92 Å². The Morgan fingerprint density at radius 1 is 1.21 bits per heavy atom. The number of benzene rings is 2. The van der Waals surface area contributed by atoms with E-state index in [4.69, 9.17) is 0 Å². The van der Waals surface area contributed by atoms with Gasteiger partial charge in [-0.15, -0.1) is 0 Å². The molecule has 0 bridgehead atoms. The number of halogens is 2. The number of anilines is 1. The standard InChI is InChI=1S/C17H14BrFN4O/c1-10-15(18)16(22-20-10)12-3-2-4-14(9-12)21-23-17(24)11-5-7-13(19)8-6-11/h2-9,21H,1H3,(H,20,22)(H,23,24). The second-order valence-corrected chi connectivity index (χ2v) is 5.97. The molecule has 0 radical (unpaired) electrons. The van der Waals surface area contributed by atoms with E-state index in [9.17, 15) is 9.18 Å². The van der Waals surface area contributed by atoms with Gasteiger partial charge in [0, 0.05) is 16.8 Å². The third kappa shape index (κ3) is 3.46. The maximum atomic E-state index is 12.9. The van der Waals surface area contributed by atoms with Crippen molar-refractivity contribution in [1.29, 1.82) is 0 Å². The molecule has 0 atom stereocenters. The Bertz CT molecular complexity index is 877. The molecule has 0 aliphatic rings. The highest BCUT2D eigenvalue weighted by atomic mass is 79.9. The largest absolute Gasteiger partial charge is 0.298 e. The van der Waals surface area contributed by atoms with E-state index in [1.807, 2.05) is 31.2 Å². The van der Waals surface area contributed by atoms with Crippen LogP contribution in [0.15, 0.2) is 53.0 Å². The number of nitrogens with one attached hydrogen (secondary N) is 3. The molecule has 1 heterocycles. The average molecular weight is 389 g/mol. The van der Waals surface area contributed by atoms with Gasteiger partial charge in [-0.25, -0.2) is 4.39 Å². The second-order valence-electron chi connectivity index (χ2n) is 5.18. The Labute approximate surface area is 146 Å². The number of rotatable bonds is 4. The first-order valence-corrected chi connectivity index (χ1v) is 7.97. The maximum absolute atomic E-state index is 12.9. The zero-order chi connectivity index (χ0) is 17.1. The molecule has 0 aliphatic carbocycles. The summed E-state index contributed by atoms with van der Waals surface area (Å²) >= 11 is 3.50. The summed E-state index contributed by atoms with van der Waals surface area (Å²) in [7, 11) is 0. The van der Waals surface area contributed by atoms with Crippen LogP contribution in [0.2, 0.25) is 0 Å². The van der Waals surface area contributed by atoms with Crippen LogP contribution in [0.3, 0.4) is 0 Å². The fourth-order valence-corrected chi connectivity index (χ4v) is 2.56. The topological polar surface area (TPSA) is 69.8 Å².